The number of halogens is 3. The SMILES string of the molecule is CCOC(=O)C(C)(N)CC(F)(F)F. The molecule has 6 heteroatoms. The minimum Gasteiger partial charge on any atom is -0.465 e. The standard InChI is InChI=1S/C7H12F3NO2/c1-3-13-5(12)6(2,11)4-7(8,9)10/h3-4,11H2,1-2H3. The molecule has 0 saturated carbocycles. The Balaban J connectivity index is 4.30. The molecular weight excluding hydrogens is 187 g/mol. The van der Waals surface area contributed by atoms with Gasteiger partial charge >= 0.3 is 12.1 Å². The Labute approximate surface area is 74.0 Å². The van der Waals surface area contributed by atoms with Gasteiger partial charge in [0.25, 0.3) is 0 Å². The van der Waals surface area contributed by atoms with E-state index in [-0.39, 0.29) is 6.61 Å². The highest BCUT2D eigenvalue weighted by atomic mass is 19.4. The lowest BCUT2D eigenvalue weighted by Crippen LogP contribution is -2.49. The van der Waals surface area contributed by atoms with E-state index in [0.29, 0.717) is 0 Å². The third-order valence-electron chi connectivity index (χ3n) is 1.31. The monoisotopic (exact) mass is 199 g/mol. The average Bonchev–Trinajstić information content (AvgIpc) is 1.82. The van der Waals surface area contributed by atoms with Crippen LogP contribution in [0.2, 0.25) is 0 Å². The van der Waals surface area contributed by atoms with E-state index in [0.717, 1.165) is 6.92 Å². The fraction of sp³-hybridized carbons (Fsp3) is 0.857. The summed E-state index contributed by atoms with van der Waals surface area (Å²) in [4.78, 5) is 10.9. The van der Waals surface area contributed by atoms with Crippen LogP contribution in [0.25, 0.3) is 0 Å². The van der Waals surface area contributed by atoms with Gasteiger partial charge < -0.3 is 10.5 Å². The summed E-state index contributed by atoms with van der Waals surface area (Å²) in [6.07, 6.45) is -5.84. The van der Waals surface area contributed by atoms with Gasteiger partial charge in [-0.25, -0.2) is 0 Å². The molecule has 0 aliphatic heterocycles. The number of carbonyl (C=O) groups excluding carboxylic acids is 1. The van der Waals surface area contributed by atoms with Gasteiger partial charge in [-0.15, -0.1) is 0 Å². The van der Waals surface area contributed by atoms with Crippen molar-refractivity contribution in [2.75, 3.05) is 6.61 Å². The van der Waals surface area contributed by atoms with Gasteiger partial charge in [0.1, 0.15) is 5.54 Å². The minimum absolute atomic E-state index is 0.0173. The van der Waals surface area contributed by atoms with Gasteiger partial charge in [0.05, 0.1) is 13.0 Å². The molecule has 0 aromatic rings. The smallest absolute Gasteiger partial charge is 0.391 e. The van der Waals surface area contributed by atoms with Crippen LogP contribution >= 0.6 is 0 Å². The van der Waals surface area contributed by atoms with Crippen LogP contribution in [0.4, 0.5) is 13.2 Å². The molecule has 1 atom stereocenters. The fourth-order valence-corrected chi connectivity index (χ4v) is 0.785. The van der Waals surface area contributed by atoms with Crippen molar-refractivity contribution in [2.45, 2.75) is 32.0 Å². The Morgan fingerprint density at radius 2 is 1.92 bits per heavy atom. The van der Waals surface area contributed by atoms with Crippen LogP contribution in [-0.2, 0) is 9.53 Å². The van der Waals surface area contributed by atoms with E-state index in [9.17, 15) is 18.0 Å². The summed E-state index contributed by atoms with van der Waals surface area (Å²) in [5.74, 6) is -1.03. The van der Waals surface area contributed by atoms with E-state index in [1.54, 1.807) is 0 Å². The zero-order chi connectivity index (χ0) is 10.7. The fourth-order valence-electron chi connectivity index (χ4n) is 0.785. The molecule has 1 unspecified atom stereocenters. The second-order valence-corrected chi connectivity index (χ2v) is 2.93. The van der Waals surface area contributed by atoms with Crippen LogP contribution in [0.5, 0.6) is 0 Å². The van der Waals surface area contributed by atoms with Crippen LogP contribution in [0.3, 0.4) is 0 Å². The summed E-state index contributed by atoms with van der Waals surface area (Å²) < 4.78 is 40.0. The van der Waals surface area contributed by atoms with Gasteiger partial charge in [0.2, 0.25) is 0 Å². The van der Waals surface area contributed by atoms with Gasteiger partial charge in [0.15, 0.2) is 0 Å². The van der Waals surface area contributed by atoms with E-state index < -0.39 is 24.1 Å². The molecule has 3 nitrogen and oxygen atoms in total. The topological polar surface area (TPSA) is 52.3 Å². The highest BCUT2D eigenvalue weighted by Gasteiger charge is 2.42. The number of rotatable bonds is 3. The number of ether oxygens (including phenoxy) is 1. The van der Waals surface area contributed by atoms with Crippen molar-refractivity contribution >= 4 is 5.97 Å². The zero-order valence-corrected chi connectivity index (χ0v) is 7.44. The first kappa shape index (κ1) is 12.2. The first-order valence-corrected chi connectivity index (χ1v) is 3.72. The van der Waals surface area contributed by atoms with Crippen LogP contribution in [0.1, 0.15) is 20.3 Å². The molecule has 2 N–H and O–H groups in total. The maximum Gasteiger partial charge on any atom is 0.391 e. The Bertz CT molecular complexity index is 189. The minimum atomic E-state index is -4.46. The van der Waals surface area contributed by atoms with E-state index in [1.165, 1.54) is 6.92 Å². The Hall–Kier alpha value is -0.780. The lowest BCUT2D eigenvalue weighted by Gasteiger charge is -2.23. The van der Waals surface area contributed by atoms with Gasteiger partial charge in [0, 0.05) is 0 Å². The molecule has 0 spiro atoms. The van der Waals surface area contributed by atoms with Crippen molar-refractivity contribution in [3.05, 3.63) is 0 Å². The third kappa shape index (κ3) is 4.72. The maximum absolute atomic E-state index is 11.9. The average molecular weight is 199 g/mol. The predicted molar refractivity (Wildman–Crippen MR) is 39.9 cm³/mol. The molecule has 0 aromatic heterocycles. The highest BCUT2D eigenvalue weighted by Crippen LogP contribution is 2.26. The van der Waals surface area contributed by atoms with Crippen LogP contribution in [0.15, 0.2) is 0 Å². The summed E-state index contributed by atoms with van der Waals surface area (Å²) in [7, 11) is 0. The molecule has 78 valence electrons. The second kappa shape index (κ2) is 3.95. The number of hydrogen-bond donors (Lipinski definition) is 1. The quantitative estimate of drug-likeness (QED) is 0.695. The van der Waals surface area contributed by atoms with Gasteiger partial charge in [-0.2, -0.15) is 13.2 Å². The largest absolute Gasteiger partial charge is 0.465 e. The second-order valence-electron chi connectivity index (χ2n) is 2.93. The number of alkyl halides is 3. The molecule has 0 amide bonds. The summed E-state index contributed by atoms with van der Waals surface area (Å²) in [5, 5.41) is 0. The molecule has 0 bridgehead atoms. The normalized spacial score (nSPS) is 16.5. The van der Waals surface area contributed by atoms with E-state index >= 15 is 0 Å². The van der Waals surface area contributed by atoms with Crippen molar-refractivity contribution in [1.29, 1.82) is 0 Å². The maximum atomic E-state index is 11.9. The molecule has 0 fully saturated rings. The van der Waals surface area contributed by atoms with Crippen LogP contribution in [-0.4, -0.2) is 24.3 Å². The molecule has 0 aromatic carbocycles. The predicted octanol–water partition coefficient (Wildman–Crippen LogP) is 1.22. The molecular formula is C7H12F3NO2. The molecule has 0 heterocycles. The van der Waals surface area contributed by atoms with Crippen molar-refractivity contribution in [3.63, 3.8) is 0 Å². The molecule has 0 aliphatic carbocycles. The lowest BCUT2D eigenvalue weighted by molar-refractivity contribution is -0.169. The first-order valence-electron chi connectivity index (χ1n) is 3.72. The van der Waals surface area contributed by atoms with Crippen molar-refractivity contribution in [2.24, 2.45) is 5.73 Å². The lowest BCUT2D eigenvalue weighted by atomic mass is 9.99. The molecule has 13 heavy (non-hydrogen) atoms. The molecule has 0 aliphatic rings. The summed E-state index contributed by atoms with van der Waals surface area (Å²) in [6, 6.07) is 0. The molecule has 0 radical (unpaired) electrons. The van der Waals surface area contributed by atoms with E-state index in [4.69, 9.17) is 5.73 Å². The number of esters is 1. The van der Waals surface area contributed by atoms with Crippen molar-refractivity contribution in [1.82, 2.24) is 0 Å². The van der Waals surface area contributed by atoms with E-state index in [2.05, 4.69) is 4.74 Å². The number of hydrogen-bond acceptors (Lipinski definition) is 3. The Morgan fingerprint density at radius 1 is 1.46 bits per heavy atom. The van der Waals surface area contributed by atoms with Crippen molar-refractivity contribution < 1.29 is 22.7 Å². The highest BCUT2D eigenvalue weighted by molar-refractivity contribution is 5.80. The zero-order valence-electron chi connectivity index (χ0n) is 7.44. The van der Waals surface area contributed by atoms with Gasteiger partial charge in [-0.3, -0.25) is 4.79 Å². The van der Waals surface area contributed by atoms with Gasteiger partial charge in [-0.1, -0.05) is 0 Å². The molecule has 0 rings (SSSR count). The molecule has 0 saturated heterocycles. The van der Waals surface area contributed by atoms with Gasteiger partial charge in [-0.05, 0) is 13.8 Å². The summed E-state index contributed by atoms with van der Waals surface area (Å²) >= 11 is 0. The van der Waals surface area contributed by atoms with Crippen LogP contribution in [0, 0.1) is 0 Å². The van der Waals surface area contributed by atoms with E-state index in [1.807, 2.05) is 0 Å². The van der Waals surface area contributed by atoms with Crippen LogP contribution < -0.4 is 5.73 Å². The number of nitrogens with two attached hydrogens (primary N) is 1. The first-order chi connectivity index (χ1) is 5.69. The summed E-state index contributed by atoms with van der Waals surface area (Å²) in [6.45, 7) is 2.52. The summed E-state index contributed by atoms with van der Waals surface area (Å²) in [5.41, 5.74) is 3.15. The Kier molecular flexibility index (Phi) is 3.71. The van der Waals surface area contributed by atoms with Crippen molar-refractivity contribution in [3.8, 4) is 0 Å². The third-order valence-corrected chi connectivity index (χ3v) is 1.31. The number of carbonyl (C=O) groups is 1. The Morgan fingerprint density at radius 3 is 2.23 bits per heavy atom.